The highest BCUT2D eigenvalue weighted by atomic mass is 19.4. The standard InChI is InChI=1S/C22H22F3N3O2/c1-26-21(29)20(16-5-3-2-4-6-16)28-18(19-13-14-27-30-19)12-9-15-7-10-17(11-8-15)22(23,24)25/h2-8,10-11,13-14,18,20,28H,9,12H2,1H3,(H,26,29). The van der Waals surface area contributed by atoms with E-state index in [1.54, 1.807) is 13.1 Å². The maximum atomic E-state index is 12.8. The Morgan fingerprint density at radius 1 is 1.07 bits per heavy atom. The maximum Gasteiger partial charge on any atom is 0.416 e. The third-order valence-electron chi connectivity index (χ3n) is 4.81. The summed E-state index contributed by atoms with van der Waals surface area (Å²) in [4.78, 5) is 12.5. The summed E-state index contributed by atoms with van der Waals surface area (Å²) in [5.74, 6) is 0.340. The summed E-state index contributed by atoms with van der Waals surface area (Å²) < 4.78 is 43.6. The number of carbonyl (C=O) groups excluding carboxylic acids is 1. The minimum Gasteiger partial charge on any atom is -0.360 e. The Hall–Kier alpha value is -3.13. The lowest BCUT2D eigenvalue weighted by molar-refractivity contribution is -0.137. The molecular weight excluding hydrogens is 395 g/mol. The molecule has 0 bridgehead atoms. The molecule has 8 heteroatoms. The van der Waals surface area contributed by atoms with Gasteiger partial charge in [0.25, 0.3) is 0 Å². The summed E-state index contributed by atoms with van der Waals surface area (Å²) >= 11 is 0. The molecule has 0 spiro atoms. The summed E-state index contributed by atoms with van der Waals surface area (Å²) in [5.41, 5.74) is 0.862. The molecule has 2 unspecified atom stereocenters. The number of hydrogen-bond donors (Lipinski definition) is 2. The highest BCUT2D eigenvalue weighted by molar-refractivity contribution is 5.82. The monoisotopic (exact) mass is 417 g/mol. The molecular formula is C22H22F3N3O2. The quantitative estimate of drug-likeness (QED) is 0.569. The first-order valence-corrected chi connectivity index (χ1v) is 9.48. The lowest BCUT2D eigenvalue weighted by atomic mass is 9.99. The Kier molecular flexibility index (Phi) is 6.89. The van der Waals surface area contributed by atoms with E-state index in [4.69, 9.17) is 4.52 Å². The van der Waals surface area contributed by atoms with Gasteiger partial charge in [0.05, 0.1) is 17.8 Å². The second-order valence-electron chi connectivity index (χ2n) is 6.83. The Morgan fingerprint density at radius 2 is 1.77 bits per heavy atom. The molecule has 1 aromatic heterocycles. The highest BCUT2D eigenvalue weighted by Gasteiger charge is 2.30. The fourth-order valence-electron chi connectivity index (χ4n) is 3.20. The zero-order chi connectivity index (χ0) is 21.6. The van der Waals surface area contributed by atoms with Crippen molar-refractivity contribution in [1.82, 2.24) is 15.8 Å². The smallest absolute Gasteiger partial charge is 0.360 e. The van der Waals surface area contributed by atoms with Crippen LogP contribution in [0.1, 0.15) is 41.0 Å². The zero-order valence-corrected chi connectivity index (χ0v) is 16.3. The second kappa shape index (κ2) is 9.58. The molecule has 1 heterocycles. The van der Waals surface area contributed by atoms with Crippen LogP contribution < -0.4 is 10.6 Å². The van der Waals surface area contributed by atoms with E-state index in [9.17, 15) is 18.0 Å². The van der Waals surface area contributed by atoms with E-state index in [2.05, 4.69) is 15.8 Å². The van der Waals surface area contributed by atoms with E-state index >= 15 is 0 Å². The van der Waals surface area contributed by atoms with Gasteiger partial charge in [-0.25, -0.2) is 0 Å². The van der Waals surface area contributed by atoms with Gasteiger partial charge in [-0.15, -0.1) is 0 Å². The van der Waals surface area contributed by atoms with Crippen LogP contribution in [0, 0.1) is 0 Å². The molecule has 0 aliphatic heterocycles. The van der Waals surface area contributed by atoms with Crippen LogP contribution in [-0.2, 0) is 17.4 Å². The average molecular weight is 417 g/mol. The van der Waals surface area contributed by atoms with Crippen LogP contribution >= 0.6 is 0 Å². The minimum atomic E-state index is -4.36. The molecule has 0 fully saturated rings. The molecule has 0 saturated heterocycles. The van der Waals surface area contributed by atoms with Gasteiger partial charge in [-0.2, -0.15) is 13.2 Å². The number of aryl methyl sites for hydroxylation is 1. The summed E-state index contributed by atoms with van der Waals surface area (Å²) in [6, 6.07) is 15.0. The average Bonchev–Trinajstić information content (AvgIpc) is 3.28. The van der Waals surface area contributed by atoms with Gasteiger partial charge in [0.2, 0.25) is 5.91 Å². The molecule has 0 aliphatic rings. The number of carbonyl (C=O) groups is 1. The molecule has 0 radical (unpaired) electrons. The van der Waals surface area contributed by atoms with Crippen molar-refractivity contribution in [2.24, 2.45) is 0 Å². The van der Waals surface area contributed by atoms with Crippen molar-refractivity contribution >= 4 is 5.91 Å². The summed E-state index contributed by atoms with van der Waals surface area (Å²) in [5, 5.41) is 9.70. The van der Waals surface area contributed by atoms with Crippen LogP contribution in [0.2, 0.25) is 0 Å². The Balaban J connectivity index is 1.77. The predicted molar refractivity (Wildman–Crippen MR) is 105 cm³/mol. The Morgan fingerprint density at radius 3 is 2.33 bits per heavy atom. The van der Waals surface area contributed by atoms with Gasteiger partial charge >= 0.3 is 6.18 Å². The zero-order valence-electron chi connectivity index (χ0n) is 16.3. The number of halogens is 3. The lowest BCUT2D eigenvalue weighted by Gasteiger charge is -2.24. The van der Waals surface area contributed by atoms with Crippen molar-refractivity contribution < 1.29 is 22.5 Å². The molecule has 3 rings (SSSR count). The van der Waals surface area contributed by atoms with Crippen LogP contribution in [-0.4, -0.2) is 18.1 Å². The van der Waals surface area contributed by atoms with Gasteiger partial charge in [-0.3, -0.25) is 10.1 Å². The molecule has 2 aromatic carbocycles. The largest absolute Gasteiger partial charge is 0.416 e. The van der Waals surface area contributed by atoms with Gasteiger partial charge in [0.1, 0.15) is 6.04 Å². The van der Waals surface area contributed by atoms with Gasteiger partial charge in [-0.1, -0.05) is 47.6 Å². The molecule has 0 aliphatic carbocycles. The molecule has 1 amide bonds. The topological polar surface area (TPSA) is 67.2 Å². The van der Waals surface area contributed by atoms with Crippen molar-refractivity contribution in [3.63, 3.8) is 0 Å². The number of nitrogens with one attached hydrogen (secondary N) is 2. The summed E-state index contributed by atoms with van der Waals surface area (Å²) in [6.07, 6.45) is -1.86. The van der Waals surface area contributed by atoms with Crippen LogP contribution in [0.4, 0.5) is 13.2 Å². The predicted octanol–water partition coefficient (Wildman–Crippen LogP) is 4.44. The van der Waals surface area contributed by atoms with Gasteiger partial charge in [-0.05, 0) is 36.1 Å². The third kappa shape index (κ3) is 5.48. The maximum absolute atomic E-state index is 12.8. The third-order valence-corrected chi connectivity index (χ3v) is 4.81. The minimum absolute atomic E-state index is 0.208. The number of amides is 1. The van der Waals surface area contributed by atoms with Crippen molar-refractivity contribution in [2.45, 2.75) is 31.1 Å². The normalized spacial score (nSPS) is 13.6. The van der Waals surface area contributed by atoms with Gasteiger partial charge in [0, 0.05) is 13.1 Å². The van der Waals surface area contributed by atoms with Crippen molar-refractivity contribution in [3.8, 4) is 0 Å². The van der Waals surface area contributed by atoms with Crippen molar-refractivity contribution in [3.05, 3.63) is 89.3 Å². The van der Waals surface area contributed by atoms with E-state index in [0.717, 1.165) is 23.3 Å². The van der Waals surface area contributed by atoms with E-state index in [1.807, 2.05) is 30.3 Å². The van der Waals surface area contributed by atoms with Gasteiger partial charge < -0.3 is 9.84 Å². The van der Waals surface area contributed by atoms with Crippen LogP contribution in [0.25, 0.3) is 0 Å². The fraction of sp³-hybridized carbons (Fsp3) is 0.273. The molecule has 2 atom stereocenters. The van der Waals surface area contributed by atoms with Crippen molar-refractivity contribution in [1.29, 1.82) is 0 Å². The second-order valence-corrected chi connectivity index (χ2v) is 6.83. The number of rotatable bonds is 8. The fourth-order valence-corrected chi connectivity index (χ4v) is 3.20. The van der Waals surface area contributed by atoms with Crippen LogP contribution in [0.3, 0.4) is 0 Å². The van der Waals surface area contributed by atoms with E-state index < -0.39 is 17.8 Å². The first-order valence-electron chi connectivity index (χ1n) is 9.48. The number of aromatic nitrogens is 1. The Labute approximate surface area is 172 Å². The van der Waals surface area contributed by atoms with Crippen LogP contribution in [0.15, 0.2) is 71.4 Å². The molecule has 30 heavy (non-hydrogen) atoms. The number of likely N-dealkylation sites (N-methyl/N-ethyl adjacent to an activating group) is 1. The van der Waals surface area contributed by atoms with Gasteiger partial charge in [0.15, 0.2) is 5.76 Å². The first kappa shape index (κ1) is 21.6. The van der Waals surface area contributed by atoms with E-state index in [-0.39, 0.29) is 11.9 Å². The number of benzene rings is 2. The molecule has 0 saturated carbocycles. The summed E-state index contributed by atoms with van der Waals surface area (Å²) in [7, 11) is 1.56. The SMILES string of the molecule is CNC(=O)C(NC(CCc1ccc(C(F)(F)F)cc1)c1ccno1)c1ccccc1. The molecule has 5 nitrogen and oxygen atoms in total. The number of hydrogen-bond acceptors (Lipinski definition) is 4. The number of nitrogens with zero attached hydrogens (tertiary/aromatic N) is 1. The summed E-state index contributed by atoms with van der Waals surface area (Å²) in [6.45, 7) is 0. The molecule has 2 N–H and O–H groups in total. The van der Waals surface area contributed by atoms with E-state index in [0.29, 0.717) is 18.6 Å². The molecule has 158 valence electrons. The lowest BCUT2D eigenvalue weighted by Crippen LogP contribution is -2.38. The van der Waals surface area contributed by atoms with Crippen LogP contribution in [0.5, 0.6) is 0 Å². The Bertz CT molecular complexity index is 927. The first-order chi connectivity index (χ1) is 14.4. The number of alkyl halides is 3. The van der Waals surface area contributed by atoms with E-state index in [1.165, 1.54) is 18.3 Å². The highest BCUT2D eigenvalue weighted by Crippen LogP contribution is 2.30. The molecule has 3 aromatic rings. The van der Waals surface area contributed by atoms with Crippen molar-refractivity contribution in [2.75, 3.05) is 7.05 Å².